The van der Waals surface area contributed by atoms with E-state index >= 15 is 0 Å². The van der Waals surface area contributed by atoms with Crippen molar-refractivity contribution in [2.45, 2.75) is 74.1 Å². The molecule has 3 unspecified atom stereocenters. The number of hydrogen-bond donors (Lipinski definition) is 0. The molecule has 0 heterocycles. The van der Waals surface area contributed by atoms with Crippen LogP contribution in [0.5, 0.6) is 0 Å². The first kappa shape index (κ1) is 17.4. The van der Waals surface area contributed by atoms with Gasteiger partial charge in [-0.1, -0.05) is 61.3 Å². The van der Waals surface area contributed by atoms with Gasteiger partial charge in [0, 0.05) is 12.3 Å². The van der Waals surface area contributed by atoms with Gasteiger partial charge in [-0.05, 0) is 22.7 Å². The average Bonchev–Trinajstić information content (AvgIpc) is 2.68. The van der Waals surface area contributed by atoms with Gasteiger partial charge in [-0.3, -0.25) is 9.59 Å². The van der Waals surface area contributed by atoms with Crippen molar-refractivity contribution in [1.29, 1.82) is 0 Å². The molecule has 20 heavy (non-hydrogen) atoms. The number of hydrogen-bond acceptors (Lipinski definition) is 2. The maximum atomic E-state index is 12.3. The normalized spacial score (nSPS) is 24.1. The molecule has 116 valence electrons. The molecule has 1 saturated carbocycles. The molecule has 3 atom stereocenters. The Kier molecular flexibility index (Phi) is 5.21. The van der Waals surface area contributed by atoms with Gasteiger partial charge in [0.15, 0.2) is 0 Å². The third kappa shape index (κ3) is 3.32. The summed E-state index contributed by atoms with van der Waals surface area (Å²) < 4.78 is 0. The van der Waals surface area contributed by atoms with Gasteiger partial charge in [0.05, 0.1) is 6.42 Å². The van der Waals surface area contributed by atoms with Crippen molar-refractivity contribution >= 4 is 11.6 Å². The zero-order valence-electron chi connectivity index (χ0n) is 14.4. The lowest BCUT2D eigenvalue weighted by atomic mass is 9.57. The Morgan fingerprint density at radius 3 is 1.90 bits per heavy atom. The van der Waals surface area contributed by atoms with Crippen molar-refractivity contribution in [3.05, 3.63) is 0 Å². The first-order valence-corrected chi connectivity index (χ1v) is 8.11. The Morgan fingerprint density at radius 2 is 1.55 bits per heavy atom. The van der Waals surface area contributed by atoms with Gasteiger partial charge in [-0.25, -0.2) is 0 Å². The molecule has 0 radical (unpaired) electrons. The van der Waals surface area contributed by atoms with Crippen LogP contribution in [0.2, 0.25) is 0 Å². The molecule has 0 saturated heterocycles. The van der Waals surface area contributed by atoms with Crippen molar-refractivity contribution in [2.24, 2.45) is 28.6 Å². The molecule has 0 aromatic rings. The van der Waals surface area contributed by atoms with Crippen molar-refractivity contribution in [3.8, 4) is 0 Å². The van der Waals surface area contributed by atoms with Crippen molar-refractivity contribution in [1.82, 2.24) is 0 Å². The Labute approximate surface area is 124 Å². The largest absolute Gasteiger partial charge is 0.299 e. The first-order chi connectivity index (χ1) is 9.06. The summed E-state index contributed by atoms with van der Waals surface area (Å²) in [4.78, 5) is 24.0. The molecule has 2 heteroatoms. The summed E-state index contributed by atoms with van der Waals surface area (Å²) in [6.07, 6.45) is 2.77. The SMILES string of the molecule is CCC(C)(C)C(C)C(C1CC(=O)CC1=O)C(C)(C)CC. The lowest BCUT2D eigenvalue weighted by Gasteiger charge is -2.47. The number of ketones is 2. The lowest BCUT2D eigenvalue weighted by molar-refractivity contribution is -0.126. The molecular weight excluding hydrogens is 248 g/mol. The van der Waals surface area contributed by atoms with Gasteiger partial charge in [0.2, 0.25) is 0 Å². The smallest absolute Gasteiger partial charge is 0.144 e. The van der Waals surface area contributed by atoms with Crippen molar-refractivity contribution in [3.63, 3.8) is 0 Å². The maximum Gasteiger partial charge on any atom is 0.144 e. The van der Waals surface area contributed by atoms with Crippen LogP contribution >= 0.6 is 0 Å². The van der Waals surface area contributed by atoms with Crippen LogP contribution in [-0.4, -0.2) is 11.6 Å². The summed E-state index contributed by atoms with van der Waals surface area (Å²) in [6.45, 7) is 15.8. The van der Waals surface area contributed by atoms with E-state index in [1.165, 1.54) is 0 Å². The highest BCUT2D eigenvalue weighted by molar-refractivity contribution is 6.07. The molecule has 1 aliphatic carbocycles. The summed E-state index contributed by atoms with van der Waals surface area (Å²) >= 11 is 0. The predicted molar refractivity (Wildman–Crippen MR) is 83.5 cm³/mol. The monoisotopic (exact) mass is 280 g/mol. The van der Waals surface area contributed by atoms with E-state index in [0.29, 0.717) is 18.3 Å². The molecule has 1 fully saturated rings. The van der Waals surface area contributed by atoms with Gasteiger partial charge >= 0.3 is 0 Å². The highest BCUT2D eigenvalue weighted by Crippen LogP contribution is 2.50. The van der Waals surface area contributed by atoms with Gasteiger partial charge in [-0.2, -0.15) is 0 Å². The van der Waals surface area contributed by atoms with Crippen molar-refractivity contribution in [2.75, 3.05) is 0 Å². The van der Waals surface area contributed by atoms with Crippen LogP contribution in [0.3, 0.4) is 0 Å². The predicted octanol–water partition coefficient (Wildman–Crippen LogP) is 4.66. The second kappa shape index (κ2) is 5.99. The highest BCUT2D eigenvalue weighted by atomic mass is 16.2. The lowest BCUT2D eigenvalue weighted by Crippen LogP contribution is -2.42. The fourth-order valence-corrected chi connectivity index (χ4v) is 3.70. The molecule has 0 aliphatic heterocycles. The second-order valence-corrected chi connectivity index (χ2v) is 7.99. The summed E-state index contributed by atoms with van der Waals surface area (Å²) in [5.41, 5.74) is 0.291. The van der Waals surface area contributed by atoms with Gasteiger partial charge in [0.1, 0.15) is 11.6 Å². The second-order valence-electron chi connectivity index (χ2n) is 7.99. The van der Waals surface area contributed by atoms with E-state index in [2.05, 4.69) is 48.5 Å². The highest BCUT2D eigenvalue weighted by Gasteiger charge is 2.48. The quantitative estimate of drug-likeness (QED) is 0.663. The van der Waals surface area contributed by atoms with Crippen LogP contribution in [-0.2, 0) is 9.59 Å². The van der Waals surface area contributed by atoms with E-state index in [9.17, 15) is 9.59 Å². The Balaban J connectivity index is 3.16. The molecular formula is C18H32O2. The minimum absolute atomic E-state index is 0.0572. The summed E-state index contributed by atoms with van der Waals surface area (Å²) in [6, 6.07) is 0. The standard InChI is InChI=1S/C18H32O2/c1-8-17(4,5)12(3)16(18(6,7)9-2)14-10-13(19)11-15(14)20/h12,14,16H,8-11H2,1-7H3. The molecule has 2 nitrogen and oxygen atoms in total. The fraction of sp³-hybridized carbons (Fsp3) is 0.889. The van der Waals surface area contributed by atoms with Crippen LogP contribution < -0.4 is 0 Å². The summed E-state index contributed by atoms with van der Waals surface area (Å²) in [5, 5.41) is 0. The third-order valence-electron chi connectivity index (χ3n) is 6.16. The molecule has 0 aromatic heterocycles. The Bertz CT molecular complexity index is 379. The van der Waals surface area contributed by atoms with Crippen LogP contribution in [0.4, 0.5) is 0 Å². The van der Waals surface area contributed by atoms with Crippen LogP contribution in [0.1, 0.15) is 74.1 Å². The summed E-state index contributed by atoms with van der Waals surface area (Å²) in [7, 11) is 0. The molecule has 0 bridgehead atoms. The third-order valence-corrected chi connectivity index (χ3v) is 6.16. The summed E-state index contributed by atoms with van der Waals surface area (Å²) in [5.74, 6) is 0.987. The minimum atomic E-state index is -0.0572. The zero-order valence-corrected chi connectivity index (χ0v) is 14.4. The zero-order chi connectivity index (χ0) is 15.7. The van der Waals surface area contributed by atoms with Gasteiger partial charge in [-0.15, -0.1) is 0 Å². The number of carbonyl (C=O) groups excluding carboxylic acids is 2. The Morgan fingerprint density at radius 1 is 1.05 bits per heavy atom. The number of carbonyl (C=O) groups is 2. The fourth-order valence-electron chi connectivity index (χ4n) is 3.70. The van der Waals surface area contributed by atoms with E-state index in [1.54, 1.807) is 0 Å². The van der Waals surface area contributed by atoms with E-state index < -0.39 is 0 Å². The van der Waals surface area contributed by atoms with Gasteiger partial charge in [0.25, 0.3) is 0 Å². The van der Waals surface area contributed by atoms with Gasteiger partial charge < -0.3 is 0 Å². The number of Topliss-reactive ketones (excluding diaryl/α,β-unsaturated/α-hetero) is 2. The average molecular weight is 280 g/mol. The van der Waals surface area contributed by atoms with Crippen LogP contribution in [0, 0.1) is 28.6 Å². The van der Waals surface area contributed by atoms with E-state index in [4.69, 9.17) is 0 Å². The molecule has 1 rings (SSSR count). The first-order valence-electron chi connectivity index (χ1n) is 8.11. The Hall–Kier alpha value is -0.660. The molecule has 0 spiro atoms. The molecule has 0 amide bonds. The maximum absolute atomic E-state index is 12.3. The topological polar surface area (TPSA) is 34.1 Å². The number of rotatable bonds is 6. The minimum Gasteiger partial charge on any atom is -0.299 e. The van der Waals surface area contributed by atoms with Crippen molar-refractivity contribution < 1.29 is 9.59 Å². The van der Waals surface area contributed by atoms with E-state index in [-0.39, 0.29) is 34.7 Å². The molecule has 1 aliphatic rings. The van der Waals surface area contributed by atoms with E-state index in [1.807, 2.05) is 0 Å². The molecule has 0 N–H and O–H groups in total. The van der Waals surface area contributed by atoms with Crippen LogP contribution in [0.15, 0.2) is 0 Å². The van der Waals surface area contributed by atoms with E-state index in [0.717, 1.165) is 12.8 Å². The van der Waals surface area contributed by atoms with Crippen LogP contribution in [0.25, 0.3) is 0 Å². The molecule has 0 aromatic carbocycles.